The van der Waals surface area contributed by atoms with Gasteiger partial charge in [0.1, 0.15) is 5.82 Å². The van der Waals surface area contributed by atoms with Crippen molar-refractivity contribution in [3.63, 3.8) is 0 Å². The highest BCUT2D eigenvalue weighted by atomic mass is 19.1. The van der Waals surface area contributed by atoms with E-state index in [0.717, 1.165) is 50.5 Å². The van der Waals surface area contributed by atoms with Gasteiger partial charge in [0.15, 0.2) is 5.96 Å². The van der Waals surface area contributed by atoms with Gasteiger partial charge in [-0.05, 0) is 30.9 Å². The van der Waals surface area contributed by atoms with Gasteiger partial charge in [0.25, 0.3) is 0 Å². The Hall–Kier alpha value is -1.62. The molecule has 0 atom stereocenters. The Morgan fingerprint density at radius 3 is 2.59 bits per heavy atom. The first kappa shape index (κ1) is 18.4. The number of hydrogen-bond acceptors (Lipinski definition) is 2. The van der Waals surface area contributed by atoms with E-state index in [2.05, 4.69) is 22.5 Å². The van der Waals surface area contributed by atoms with Crippen LogP contribution in [0.1, 0.15) is 31.7 Å². The van der Waals surface area contributed by atoms with E-state index in [1.54, 1.807) is 19.2 Å². The van der Waals surface area contributed by atoms with Gasteiger partial charge in [-0.25, -0.2) is 4.39 Å². The number of benzene rings is 1. The highest BCUT2D eigenvalue weighted by Gasteiger charge is 2.01. The third kappa shape index (κ3) is 7.98. The van der Waals surface area contributed by atoms with Crippen molar-refractivity contribution in [1.29, 1.82) is 0 Å². The fourth-order valence-electron chi connectivity index (χ4n) is 1.97. The van der Waals surface area contributed by atoms with Crippen molar-refractivity contribution in [2.75, 3.05) is 33.4 Å². The average Bonchev–Trinajstić information content (AvgIpc) is 2.54. The highest BCUT2D eigenvalue weighted by molar-refractivity contribution is 5.79. The number of guanidine groups is 1. The molecule has 0 saturated heterocycles. The molecule has 22 heavy (non-hydrogen) atoms. The van der Waals surface area contributed by atoms with E-state index in [-0.39, 0.29) is 5.82 Å². The molecule has 0 aromatic heterocycles. The van der Waals surface area contributed by atoms with E-state index in [1.165, 1.54) is 6.07 Å². The second-order valence-corrected chi connectivity index (χ2v) is 5.09. The first-order chi connectivity index (χ1) is 10.8. The number of nitrogens with zero attached hydrogens (tertiary/aromatic N) is 1. The van der Waals surface area contributed by atoms with E-state index >= 15 is 0 Å². The predicted molar refractivity (Wildman–Crippen MR) is 89.8 cm³/mol. The topological polar surface area (TPSA) is 45.6 Å². The third-order valence-corrected chi connectivity index (χ3v) is 3.27. The summed E-state index contributed by atoms with van der Waals surface area (Å²) in [6, 6.07) is 6.85. The van der Waals surface area contributed by atoms with Crippen LogP contribution in [0.5, 0.6) is 0 Å². The molecule has 2 N–H and O–H groups in total. The van der Waals surface area contributed by atoms with Gasteiger partial charge in [-0.1, -0.05) is 31.5 Å². The molecule has 1 aromatic rings. The molecule has 4 nitrogen and oxygen atoms in total. The summed E-state index contributed by atoms with van der Waals surface area (Å²) in [6.07, 6.45) is 3.86. The molecule has 0 radical (unpaired) electrons. The molecule has 0 aliphatic rings. The number of nitrogens with one attached hydrogen (secondary N) is 2. The molecule has 0 fully saturated rings. The zero-order valence-corrected chi connectivity index (χ0v) is 13.7. The molecule has 0 bridgehead atoms. The standard InChI is InChI=1S/C17H28FN3O/c1-3-4-13-22-14-7-11-20-17(19-2)21-12-10-15-8-5-6-9-16(15)18/h5-6,8-9H,3-4,7,10-14H2,1-2H3,(H2,19,20,21). The van der Waals surface area contributed by atoms with Gasteiger partial charge in [0.2, 0.25) is 0 Å². The largest absolute Gasteiger partial charge is 0.381 e. The molecule has 0 saturated carbocycles. The summed E-state index contributed by atoms with van der Waals surface area (Å²) in [5.74, 6) is 0.585. The Morgan fingerprint density at radius 2 is 1.86 bits per heavy atom. The van der Waals surface area contributed by atoms with Crippen LogP contribution in [0.2, 0.25) is 0 Å². The minimum atomic E-state index is -0.156. The van der Waals surface area contributed by atoms with Gasteiger partial charge < -0.3 is 15.4 Å². The summed E-state index contributed by atoms with van der Waals surface area (Å²) in [7, 11) is 1.73. The fraction of sp³-hybridized carbons (Fsp3) is 0.588. The minimum Gasteiger partial charge on any atom is -0.381 e. The normalized spacial score (nSPS) is 11.5. The van der Waals surface area contributed by atoms with E-state index in [0.29, 0.717) is 13.0 Å². The second-order valence-electron chi connectivity index (χ2n) is 5.09. The zero-order valence-electron chi connectivity index (χ0n) is 13.7. The van der Waals surface area contributed by atoms with Gasteiger partial charge in [-0.2, -0.15) is 0 Å². The Labute approximate surface area is 133 Å². The van der Waals surface area contributed by atoms with Crippen LogP contribution in [0.3, 0.4) is 0 Å². The Balaban J connectivity index is 2.11. The molecule has 0 heterocycles. The van der Waals surface area contributed by atoms with Crippen LogP contribution >= 0.6 is 0 Å². The van der Waals surface area contributed by atoms with Crippen LogP contribution in [0, 0.1) is 5.82 Å². The van der Waals surface area contributed by atoms with E-state index in [9.17, 15) is 4.39 Å². The van der Waals surface area contributed by atoms with E-state index in [1.807, 2.05) is 6.07 Å². The molecule has 0 amide bonds. The predicted octanol–water partition coefficient (Wildman–Crippen LogP) is 2.74. The molecule has 124 valence electrons. The summed E-state index contributed by atoms with van der Waals surface area (Å²) >= 11 is 0. The summed E-state index contributed by atoms with van der Waals surface area (Å²) in [5, 5.41) is 6.41. The minimum absolute atomic E-state index is 0.156. The highest BCUT2D eigenvalue weighted by Crippen LogP contribution is 2.05. The summed E-state index contributed by atoms with van der Waals surface area (Å²) < 4.78 is 19.0. The second kappa shape index (κ2) is 12.0. The number of halogens is 1. The number of aliphatic imine (C=N–C) groups is 1. The third-order valence-electron chi connectivity index (χ3n) is 3.27. The summed E-state index contributed by atoms with van der Waals surface area (Å²) in [5.41, 5.74) is 0.717. The van der Waals surface area contributed by atoms with Crippen LogP contribution in [-0.4, -0.2) is 39.3 Å². The Morgan fingerprint density at radius 1 is 1.14 bits per heavy atom. The zero-order chi connectivity index (χ0) is 16.0. The molecule has 0 unspecified atom stereocenters. The van der Waals surface area contributed by atoms with Crippen LogP contribution in [-0.2, 0) is 11.2 Å². The molecule has 1 rings (SSSR count). The Kier molecular flexibility index (Phi) is 10.0. The first-order valence-corrected chi connectivity index (χ1v) is 8.03. The monoisotopic (exact) mass is 309 g/mol. The van der Waals surface area contributed by atoms with Gasteiger partial charge in [0.05, 0.1) is 0 Å². The van der Waals surface area contributed by atoms with Crippen LogP contribution in [0.25, 0.3) is 0 Å². The Bertz CT molecular complexity index is 438. The van der Waals surface area contributed by atoms with Crippen molar-refractivity contribution in [3.8, 4) is 0 Å². The molecule has 5 heteroatoms. The lowest BCUT2D eigenvalue weighted by Gasteiger charge is -2.12. The molecule has 0 aliphatic carbocycles. The molecule has 1 aromatic carbocycles. The molecular weight excluding hydrogens is 281 g/mol. The lowest BCUT2D eigenvalue weighted by atomic mass is 10.1. The number of ether oxygens (including phenoxy) is 1. The van der Waals surface area contributed by atoms with Gasteiger partial charge in [-0.15, -0.1) is 0 Å². The average molecular weight is 309 g/mol. The van der Waals surface area contributed by atoms with Gasteiger partial charge in [0, 0.05) is 33.4 Å². The van der Waals surface area contributed by atoms with Crippen LogP contribution < -0.4 is 10.6 Å². The maximum atomic E-state index is 13.5. The van der Waals surface area contributed by atoms with Gasteiger partial charge in [-0.3, -0.25) is 4.99 Å². The van der Waals surface area contributed by atoms with Crippen molar-refractivity contribution in [1.82, 2.24) is 10.6 Å². The van der Waals surface area contributed by atoms with Gasteiger partial charge >= 0.3 is 0 Å². The van der Waals surface area contributed by atoms with Crippen molar-refractivity contribution in [3.05, 3.63) is 35.6 Å². The van der Waals surface area contributed by atoms with Crippen LogP contribution in [0.15, 0.2) is 29.3 Å². The lowest BCUT2D eigenvalue weighted by molar-refractivity contribution is 0.129. The van der Waals surface area contributed by atoms with Crippen molar-refractivity contribution >= 4 is 5.96 Å². The number of rotatable bonds is 10. The van der Waals surface area contributed by atoms with E-state index < -0.39 is 0 Å². The van der Waals surface area contributed by atoms with Crippen molar-refractivity contribution in [2.24, 2.45) is 4.99 Å². The van der Waals surface area contributed by atoms with Crippen LogP contribution in [0.4, 0.5) is 4.39 Å². The first-order valence-electron chi connectivity index (χ1n) is 8.03. The fourth-order valence-corrected chi connectivity index (χ4v) is 1.97. The van der Waals surface area contributed by atoms with E-state index in [4.69, 9.17) is 4.74 Å². The SMILES string of the molecule is CCCCOCCCNC(=NC)NCCc1ccccc1F. The maximum Gasteiger partial charge on any atom is 0.190 e. The van der Waals surface area contributed by atoms with Crippen molar-refractivity contribution in [2.45, 2.75) is 32.6 Å². The lowest BCUT2D eigenvalue weighted by Crippen LogP contribution is -2.39. The van der Waals surface area contributed by atoms with Crippen molar-refractivity contribution < 1.29 is 9.13 Å². The smallest absolute Gasteiger partial charge is 0.190 e. The quantitative estimate of drug-likeness (QED) is 0.397. The molecular formula is C17H28FN3O. The summed E-state index contributed by atoms with van der Waals surface area (Å²) in [4.78, 5) is 4.15. The maximum absolute atomic E-state index is 13.5. The number of unbranched alkanes of at least 4 members (excludes halogenated alkanes) is 1. The molecule has 0 aliphatic heterocycles. The number of hydrogen-bond donors (Lipinski definition) is 2. The molecule has 0 spiro atoms. The summed E-state index contributed by atoms with van der Waals surface area (Å²) in [6.45, 7) is 5.21.